The standard InChI is InChI=1S/C10H6BrFN4/c1-6-2-8(11)10(3-9(6)12)16-15-7(4-13)5-14/h2-3,16H,1H3. The number of hydrogen-bond donors (Lipinski definition) is 1. The van der Waals surface area contributed by atoms with E-state index in [1.807, 2.05) is 0 Å². The average Bonchev–Trinajstić information content (AvgIpc) is 2.26. The molecule has 0 fully saturated rings. The number of anilines is 1. The predicted molar refractivity (Wildman–Crippen MR) is 61.1 cm³/mol. The number of nitrogens with zero attached hydrogens (tertiary/aromatic N) is 3. The first-order chi connectivity index (χ1) is 7.58. The Kier molecular flexibility index (Phi) is 3.98. The molecule has 0 unspecified atom stereocenters. The first kappa shape index (κ1) is 12.2. The summed E-state index contributed by atoms with van der Waals surface area (Å²) in [5.74, 6) is -0.392. The Morgan fingerprint density at radius 3 is 2.62 bits per heavy atom. The molecule has 6 heteroatoms. The lowest BCUT2D eigenvalue weighted by atomic mass is 10.2. The third-order valence-corrected chi connectivity index (χ3v) is 2.40. The highest BCUT2D eigenvalue weighted by molar-refractivity contribution is 9.10. The summed E-state index contributed by atoms with van der Waals surface area (Å²) in [5.41, 5.74) is 2.95. The smallest absolute Gasteiger partial charge is 0.237 e. The van der Waals surface area contributed by atoms with Crippen molar-refractivity contribution in [2.45, 2.75) is 6.92 Å². The van der Waals surface area contributed by atoms with Gasteiger partial charge >= 0.3 is 0 Å². The topological polar surface area (TPSA) is 72.0 Å². The fraction of sp³-hybridized carbons (Fsp3) is 0.100. The summed E-state index contributed by atoms with van der Waals surface area (Å²) in [6.07, 6.45) is 0. The van der Waals surface area contributed by atoms with Crippen molar-refractivity contribution in [1.29, 1.82) is 10.5 Å². The van der Waals surface area contributed by atoms with Gasteiger partial charge < -0.3 is 0 Å². The number of aryl methyl sites for hydroxylation is 1. The molecule has 0 aliphatic rings. The molecule has 80 valence electrons. The minimum absolute atomic E-state index is 0.326. The van der Waals surface area contributed by atoms with Gasteiger partial charge in [0, 0.05) is 10.5 Å². The van der Waals surface area contributed by atoms with Gasteiger partial charge in [0.1, 0.15) is 18.0 Å². The third kappa shape index (κ3) is 2.78. The van der Waals surface area contributed by atoms with Crippen LogP contribution in [-0.4, -0.2) is 5.71 Å². The Bertz CT molecular complexity index is 509. The van der Waals surface area contributed by atoms with Crippen LogP contribution in [0, 0.1) is 35.4 Å². The molecule has 0 saturated carbocycles. The summed E-state index contributed by atoms with van der Waals surface area (Å²) in [6.45, 7) is 1.63. The molecule has 0 spiro atoms. The van der Waals surface area contributed by atoms with Gasteiger partial charge in [-0.1, -0.05) is 0 Å². The van der Waals surface area contributed by atoms with E-state index in [-0.39, 0.29) is 5.71 Å². The van der Waals surface area contributed by atoms with Crippen molar-refractivity contribution in [3.05, 3.63) is 28.0 Å². The van der Waals surface area contributed by atoms with Crippen LogP contribution in [0.3, 0.4) is 0 Å². The van der Waals surface area contributed by atoms with Crippen molar-refractivity contribution >= 4 is 27.3 Å². The molecule has 0 heterocycles. The molecule has 0 radical (unpaired) electrons. The molecular weight excluding hydrogens is 275 g/mol. The number of nitriles is 2. The second-order valence-corrected chi connectivity index (χ2v) is 3.73. The van der Waals surface area contributed by atoms with Crippen molar-refractivity contribution in [3.63, 3.8) is 0 Å². The first-order valence-electron chi connectivity index (χ1n) is 4.18. The van der Waals surface area contributed by atoms with Gasteiger partial charge in [0.25, 0.3) is 0 Å². The van der Waals surface area contributed by atoms with Crippen LogP contribution in [0.1, 0.15) is 5.56 Å². The van der Waals surface area contributed by atoms with E-state index >= 15 is 0 Å². The molecule has 0 amide bonds. The normalized spacial score (nSPS) is 8.81. The number of nitrogens with one attached hydrogen (secondary N) is 1. The maximum atomic E-state index is 13.2. The highest BCUT2D eigenvalue weighted by atomic mass is 79.9. The zero-order chi connectivity index (χ0) is 12.1. The van der Waals surface area contributed by atoms with Crippen LogP contribution in [0.5, 0.6) is 0 Å². The molecule has 1 rings (SSSR count). The van der Waals surface area contributed by atoms with Crippen LogP contribution in [0.25, 0.3) is 0 Å². The molecule has 0 aromatic heterocycles. The Morgan fingerprint density at radius 2 is 2.06 bits per heavy atom. The van der Waals surface area contributed by atoms with Crippen molar-refractivity contribution < 1.29 is 4.39 Å². The minimum atomic E-state index is -0.392. The lowest BCUT2D eigenvalue weighted by molar-refractivity contribution is 0.618. The summed E-state index contributed by atoms with van der Waals surface area (Å²) >= 11 is 3.21. The van der Waals surface area contributed by atoms with Crippen molar-refractivity contribution in [3.8, 4) is 12.1 Å². The van der Waals surface area contributed by atoms with Crippen molar-refractivity contribution in [1.82, 2.24) is 0 Å². The van der Waals surface area contributed by atoms with Crippen molar-refractivity contribution in [2.24, 2.45) is 5.10 Å². The second kappa shape index (κ2) is 5.24. The Morgan fingerprint density at radius 1 is 1.44 bits per heavy atom. The molecular formula is C10H6BrFN4. The Hall–Kier alpha value is -1.92. The zero-order valence-electron chi connectivity index (χ0n) is 8.25. The maximum Gasteiger partial charge on any atom is 0.237 e. The van der Waals surface area contributed by atoms with Gasteiger partial charge in [-0.3, -0.25) is 5.43 Å². The summed E-state index contributed by atoms with van der Waals surface area (Å²) < 4.78 is 13.8. The number of hydrogen-bond acceptors (Lipinski definition) is 4. The van der Waals surface area contributed by atoms with Crippen LogP contribution in [-0.2, 0) is 0 Å². The molecule has 0 aliphatic heterocycles. The Balaban J connectivity index is 3.01. The summed E-state index contributed by atoms with van der Waals surface area (Å²) in [6, 6.07) is 5.98. The molecule has 1 N–H and O–H groups in total. The van der Waals surface area contributed by atoms with Gasteiger partial charge in [-0.05, 0) is 34.5 Å². The highest BCUT2D eigenvalue weighted by Gasteiger charge is 2.05. The lowest BCUT2D eigenvalue weighted by Gasteiger charge is -2.05. The fourth-order valence-electron chi connectivity index (χ4n) is 0.923. The van der Waals surface area contributed by atoms with Gasteiger partial charge in [-0.2, -0.15) is 15.6 Å². The van der Waals surface area contributed by atoms with E-state index in [1.54, 1.807) is 25.1 Å². The number of rotatable bonds is 2. The van der Waals surface area contributed by atoms with Crippen LogP contribution in [0.15, 0.2) is 21.7 Å². The van der Waals surface area contributed by atoms with E-state index in [4.69, 9.17) is 10.5 Å². The predicted octanol–water partition coefficient (Wildman–Crippen LogP) is 2.71. The summed E-state index contributed by atoms with van der Waals surface area (Å²) in [4.78, 5) is 0. The van der Waals surface area contributed by atoms with Crippen molar-refractivity contribution in [2.75, 3.05) is 5.43 Å². The van der Waals surface area contributed by atoms with Gasteiger partial charge in [0.2, 0.25) is 5.71 Å². The Labute approximate surface area is 100 Å². The maximum absolute atomic E-state index is 13.2. The SMILES string of the molecule is Cc1cc(Br)c(NN=C(C#N)C#N)cc1F. The van der Waals surface area contributed by atoms with Crippen LogP contribution in [0.2, 0.25) is 0 Å². The summed E-state index contributed by atoms with van der Waals surface area (Å²) in [5, 5.41) is 20.4. The zero-order valence-corrected chi connectivity index (χ0v) is 9.84. The van der Waals surface area contributed by atoms with Gasteiger partial charge in [-0.15, -0.1) is 0 Å². The quantitative estimate of drug-likeness (QED) is 0.669. The van der Waals surface area contributed by atoms with Gasteiger partial charge in [-0.25, -0.2) is 4.39 Å². The van der Waals surface area contributed by atoms with E-state index in [2.05, 4.69) is 26.5 Å². The minimum Gasteiger partial charge on any atom is -0.275 e. The number of benzene rings is 1. The lowest BCUT2D eigenvalue weighted by Crippen LogP contribution is -1.98. The van der Waals surface area contributed by atoms with Crippen LogP contribution >= 0.6 is 15.9 Å². The molecule has 1 aromatic carbocycles. The van der Waals surface area contributed by atoms with E-state index in [1.165, 1.54) is 6.07 Å². The first-order valence-corrected chi connectivity index (χ1v) is 4.97. The molecule has 0 atom stereocenters. The molecule has 4 nitrogen and oxygen atoms in total. The number of hydrazone groups is 1. The van der Waals surface area contributed by atoms with Crippen LogP contribution < -0.4 is 5.43 Å². The van der Waals surface area contributed by atoms with E-state index in [0.29, 0.717) is 15.7 Å². The molecule has 0 bridgehead atoms. The average molecular weight is 281 g/mol. The molecule has 0 saturated heterocycles. The molecule has 1 aromatic rings. The van der Waals surface area contributed by atoms with E-state index < -0.39 is 5.82 Å². The van der Waals surface area contributed by atoms with Crippen LogP contribution in [0.4, 0.5) is 10.1 Å². The fourth-order valence-corrected chi connectivity index (χ4v) is 1.47. The van der Waals surface area contributed by atoms with E-state index in [9.17, 15) is 4.39 Å². The van der Waals surface area contributed by atoms with Gasteiger partial charge in [0.15, 0.2) is 0 Å². The largest absolute Gasteiger partial charge is 0.275 e. The van der Waals surface area contributed by atoms with Gasteiger partial charge in [0.05, 0.1) is 5.69 Å². The monoisotopic (exact) mass is 280 g/mol. The molecule has 16 heavy (non-hydrogen) atoms. The summed E-state index contributed by atoms with van der Waals surface area (Å²) in [7, 11) is 0. The third-order valence-electron chi connectivity index (χ3n) is 1.75. The second-order valence-electron chi connectivity index (χ2n) is 2.88. The highest BCUT2D eigenvalue weighted by Crippen LogP contribution is 2.25. The molecule has 0 aliphatic carbocycles. The number of halogens is 2. The van der Waals surface area contributed by atoms with E-state index in [0.717, 1.165) is 0 Å².